The van der Waals surface area contributed by atoms with Gasteiger partial charge in [0.05, 0.1) is 11.8 Å². The largest absolute Gasteiger partial charge is 0.392 e. The summed E-state index contributed by atoms with van der Waals surface area (Å²) in [4.78, 5) is 15.7. The third-order valence-corrected chi connectivity index (χ3v) is 2.35. The minimum Gasteiger partial charge on any atom is -0.392 e. The van der Waals surface area contributed by atoms with Crippen LogP contribution in [0.15, 0.2) is 36.9 Å². The Balaban J connectivity index is 2.15. The van der Waals surface area contributed by atoms with Gasteiger partial charge in [-0.1, -0.05) is 6.07 Å². The van der Waals surface area contributed by atoms with Gasteiger partial charge in [-0.3, -0.25) is 4.79 Å². The lowest BCUT2D eigenvalue weighted by molar-refractivity contribution is 0.0924. The molecular formula is C12H14N4O2. The lowest BCUT2D eigenvalue weighted by Gasteiger charge is -2.08. The number of nitrogens with zero attached hydrogens (tertiary/aromatic N) is 3. The first kappa shape index (κ1) is 12.3. The van der Waals surface area contributed by atoms with E-state index in [1.165, 1.54) is 6.33 Å². The van der Waals surface area contributed by atoms with E-state index in [9.17, 15) is 4.79 Å². The maximum absolute atomic E-state index is 11.8. The topological polar surface area (TPSA) is 80.0 Å². The summed E-state index contributed by atoms with van der Waals surface area (Å²) in [5, 5.41) is 15.7. The van der Waals surface area contributed by atoms with Crippen LogP contribution in [0.2, 0.25) is 0 Å². The number of rotatable bonds is 4. The van der Waals surface area contributed by atoms with E-state index in [-0.39, 0.29) is 12.5 Å². The van der Waals surface area contributed by atoms with Gasteiger partial charge in [0.2, 0.25) is 0 Å². The summed E-state index contributed by atoms with van der Waals surface area (Å²) in [6.45, 7) is 1.85. The molecule has 0 spiro atoms. The zero-order valence-corrected chi connectivity index (χ0v) is 9.95. The first-order chi connectivity index (χ1) is 8.66. The minimum absolute atomic E-state index is 0.224. The number of aliphatic hydroxyl groups is 1. The van der Waals surface area contributed by atoms with Crippen molar-refractivity contribution in [1.82, 2.24) is 20.1 Å². The maximum Gasteiger partial charge on any atom is 0.251 e. The Hall–Kier alpha value is -2.21. The molecule has 1 heterocycles. The van der Waals surface area contributed by atoms with Crippen molar-refractivity contribution < 1.29 is 9.90 Å². The van der Waals surface area contributed by atoms with Crippen molar-refractivity contribution in [2.75, 3.05) is 6.54 Å². The number of hydrogen-bond donors (Lipinski definition) is 2. The number of aromatic nitrogens is 3. The lowest BCUT2D eigenvalue weighted by atomic mass is 10.2. The Labute approximate surface area is 104 Å². The quantitative estimate of drug-likeness (QED) is 0.817. The molecule has 0 aliphatic rings. The molecule has 18 heavy (non-hydrogen) atoms. The molecule has 1 unspecified atom stereocenters. The van der Waals surface area contributed by atoms with Crippen molar-refractivity contribution in [3.05, 3.63) is 42.5 Å². The number of hydrogen-bond acceptors (Lipinski definition) is 4. The molecule has 1 aromatic heterocycles. The normalized spacial score (nSPS) is 12.1. The molecule has 2 N–H and O–H groups in total. The van der Waals surface area contributed by atoms with Crippen molar-refractivity contribution in [2.45, 2.75) is 13.0 Å². The second-order valence-corrected chi connectivity index (χ2v) is 3.95. The van der Waals surface area contributed by atoms with Gasteiger partial charge in [-0.25, -0.2) is 9.67 Å². The molecule has 2 aromatic rings. The van der Waals surface area contributed by atoms with Crippen LogP contribution in [0.4, 0.5) is 0 Å². The zero-order chi connectivity index (χ0) is 13.0. The molecule has 1 atom stereocenters. The number of carbonyl (C=O) groups is 1. The molecule has 0 radical (unpaired) electrons. The molecule has 94 valence electrons. The zero-order valence-electron chi connectivity index (χ0n) is 9.95. The van der Waals surface area contributed by atoms with Crippen molar-refractivity contribution in [1.29, 1.82) is 0 Å². The van der Waals surface area contributed by atoms with Crippen LogP contribution in [0.1, 0.15) is 17.3 Å². The second-order valence-electron chi connectivity index (χ2n) is 3.95. The van der Waals surface area contributed by atoms with E-state index in [1.807, 2.05) is 6.07 Å². The van der Waals surface area contributed by atoms with Gasteiger partial charge in [-0.15, -0.1) is 0 Å². The summed E-state index contributed by atoms with van der Waals surface area (Å²) >= 11 is 0. The van der Waals surface area contributed by atoms with Crippen LogP contribution < -0.4 is 5.32 Å². The maximum atomic E-state index is 11.8. The highest BCUT2D eigenvalue weighted by molar-refractivity contribution is 5.94. The molecule has 0 aliphatic carbocycles. The fraction of sp³-hybridized carbons (Fsp3) is 0.250. The van der Waals surface area contributed by atoms with Gasteiger partial charge in [-0.2, -0.15) is 5.10 Å². The highest BCUT2D eigenvalue weighted by Crippen LogP contribution is 2.08. The predicted molar refractivity (Wildman–Crippen MR) is 65.4 cm³/mol. The van der Waals surface area contributed by atoms with Crippen LogP contribution in [0, 0.1) is 0 Å². The molecule has 1 aromatic carbocycles. The first-order valence-electron chi connectivity index (χ1n) is 5.58. The Morgan fingerprint density at radius 2 is 2.39 bits per heavy atom. The van der Waals surface area contributed by atoms with Gasteiger partial charge in [0.15, 0.2) is 0 Å². The fourth-order valence-electron chi connectivity index (χ4n) is 1.47. The van der Waals surface area contributed by atoms with E-state index >= 15 is 0 Å². The number of nitrogens with one attached hydrogen (secondary N) is 1. The minimum atomic E-state index is -0.563. The van der Waals surface area contributed by atoms with Gasteiger partial charge >= 0.3 is 0 Å². The highest BCUT2D eigenvalue weighted by atomic mass is 16.3. The monoisotopic (exact) mass is 246 g/mol. The summed E-state index contributed by atoms with van der Waals surface area (Å²) < 4.78 is 1.57. The third kappa shape index (κ3) is 2.92. The average molecular weight is 246 g/mol. The second kappa shape index (κ2) is 5.42. The highest BCUT2D eigenvalue weighted by Gasteiger charge is 2.07. The van der Waals surface area contributed by atoms with Crippen LogP contribution in [-0.2, 0) is 0 Å². The fourth-order valence-corrected chi connectivity index (χ4v) is 1.47. The number of benzene rings is 1. The van der Waals surface area contributed by atoms with Gasteiger partial charge in [-0.05, 0) is 25.1 Å². The first-order valence-corrected chi connectivity index (χ1v) is 5.58. The SMILES string of the molecule is CC(O)CNC(=O)c1cccc(-n2cncn2)c1. The van der Waals surface area contributed by atoms with Crippen molar-refractivity contribution in [2.24, 2.45) is 0 Å². The lowest BCUT2D eigenvalue weighted by Crippen LogP contribution is -2.30. The van der Waals surface area contributed by atoms with Crippen LogP contribution in [0.5, 0.6) is 0 Å². The number of aliphatic hydroxyl groups excluding tert-OH is 1. The van der Waals surface area contributed by atoms with Crippen LogP contribution in [0.25, 0.3) is 5.69 Å². The molecule has 6 heteroatoms. The van der Waals surface area contributed by atoms with Crippen LogP contribution in [-0.4, -0.2) is 38.4 Å². The Morgan fingerprint density at radius 1 is 1.56 bits per heavy atom. The predicted octanol–water partition coefficient (Wildman–Crippen LogP) is 0.378. The third-order valence-electron chi connectivity index (χ3n) is 2.35. The van der Waals surface area contributed by atoms with Gasteiger partial charge < -0.3 is 10.4 Å². The van der Waals surface area contributed by atoms with Crippen molar-refractivity contribution in [3.8, 4) is 5.69 Å². The summed E-state index contributed by atoms with van der Waals surface area (Å²) in [5.41, 5.74) is 1.28. The summed E-state index contributed by atoms with van der Waals surface area (Å²) in [7, 11) is 0. The van der Waals surface area contributed by atoms with Gasteiger partial charge in [0, 0.05) is 12.1 Å². The summed E-state index contributed by atoms with van der Waals surface area (Å²) in [6.07, 6.45) is 2.43. The molecule has 0 saturated carbocycles. The van der Waals surface area contributed by atoms with E-state index in [0.29, 0.717) is 5.56 Å². The number of amides is 1. The summed E-state index contributed by atoms with van der Waals surface area (Å²) in [6, 6.07) is 7.03. The standard InChI is InChI=1S/C12H14N4O2/c1-9(17)6-14-12(18)10-3-2-4-11(5-10)16-8-13-7-15-16/h2-5,7-9,17H,6H2,1H3,(H,14,18). The molecular weight excluding hydrogens is 232 g/mol. The molecule has 0 saturated heterocycles. The Morgan fingerprint density at radius 3 is 3.06 bits per heavy atom. The summed E-state index contributed by atoms with van der Waals surface area (Å²) in [5.74, 6) is -0.224. The molecule has 6 nitrogen and oxygen atoms in total. The van der Waals surface area contributed by atoms with Crippen LogP contribution >= 0.6 is 0 Å². The van der Waals surface area contributed by atoms with Gasteiger partial charge in [0.25, 0.3) is 5.91 Å². The Bertz CT molecular complexity index is 523. The van der Waals surface area contributed by atoms with E-state index in [0.717, 1.165) is 5.69 Å². The molecule has 2 rings (SSSR count). The number of carbonyl (C=O) groups excluding carboxylic acids is 1. The van der Waals surface area contributed by atoms with Crippen LogP contribution in [0.3, 0.4) is 0 Å². The smallest absolute Gasteiger partial charge is 0.251 e. The van der Waals surface area contributed by atoms with Crippen molar-refractivity contribution in [3.63, 3.8) is 0 Å². The Kier molecular flexibility index (Phi) is 3.69. The molecule has 0 aliphatic heterocycles. The molecule has 0 bridgehead atoms. The van der Waals surface area contributed by atoms with E-state index < -0.39 is 6.10 Å². The van der Waals surface area contributed by atoms with E-state index in [4.69, 9.17) is 5.11 Å². The average Bonchev–Trinajstić information content (AvgIpc) is 2.90. The molecule has 0 fully saturated rings. The van der Waals surface area contributed by atoms with Gasteiger partial charge in [0.1, 0.15) is 12.7 Å². The molecule has 1 amide bonds. The van der Waals surface area contributed by atoms with E-state index in [2.05, 4.69) is 15.4 Å². The van der Waals surface area contributed by atoms with E-state index in [1.54, 1.807) is 36.1 Å². The van der Waals surface area contributed by atoms with Crippen molar-refractivity contribution >= 4 is 5.91 Å².